The van der Waals surface area contributed by atoms with E-state index in [4.69, 9.17) is 20.5 Å². The highest BCUT2D eigenvalue weighted by Crippen LogP contribution is 2.47. The van der Waals surface area contributed by atoms with Gasteiger partial charge in [0.2, 0.25) is 5.91 Å². The number of amides is 1. The molecule has 1 aliphatic rings. The molecule has 1 fully saturated rings. The second-order valence-corrected chi connectivity index (χ2v) is 8.34. The van der Waals surface area contributed by atoms with Crippen molar-refractivity contribution in [2.45, 2.75) is 63.4 Å². The molecule has 1 saturated heterocycles. The van der Waals surface area contributed by atoms with Gasteiger partial charge in [-0.15, -0.1) is 0 Å². The fourth-order valence-electron chi connectivity index (χ4n) is 4.14. The zero-order valence-corrected chi connectivity index (χ0v) is 19.9. The number of alkyl halides is 3. The van der Waals surface area contributed by atoms with E-state index in [1.165, 1.54) is 31.2 Å². The van der Waals surface area contributed by atoms with Gasteiger partial charge in [0.25, 0.3) is 5.72 Å². The number of aliphatic carboxylic acids is 1. The summed E-state index contributed by atoms with van der Waals surface area (Å²) >= 11 is 0. The van der Waals surface area contributed by atoms with Crippen molar-refractivity contribution >= 4 is 17.8 Å². The number of halogens is 3. The fourth-order valence-corrected chi connectivity index (χ4v) is 4.14. The molecule has 1 aromatic carbocycles. The van der Waals surface area contributed by atoms with E-state index in [-0.39, 0.29) is 12.0 Å². The molecular weight excluding hydrogens is 503 g/mol. The van der Waals surface area contributed by atoms with E-state index in [9.17, 15) is 32.7 Å². The van der Waals surface area contributed by atoms with Crippen LogP contribution in [-0.2, 0) is 19.1 Å². The molecule has 1 aliphatic heterocycles. The van der Waals surface area contributed by atoms with Gasteiger partial charge in [-0.05, 0) is 40.6 Å². The predicted molar refractivity (Wildman–Crippen MR) is 120 cm³/mol. The number of carboxylic acids is 1. The molecule has 0 bridgehead atoms. The molecular formula is C21H24F3N7O6. The summed E-state index contributed by atoms with van der Waals surface area (Å²) in [5, 5.41) is 18.1. The molecule has 1 amide bonds. The second kappa shape index (κ2) is 11.8. The van der Waals surface area contributed by atoms with Crippen molar-refractivity contribution in [2.24, 2.45) is 22.1 Å². The Morgan fingerprint density at radius 1 is 1.24 bits per heavy atom. The van der Waals surface area contributed by atoms with Gasteiger partial charge in [-0.2, -0.15) is 13.2 Å². The van der Waals surface area contributed by atoms with Gasteiger partial charge in [-0.3, -0.25) is 4.79 Å². The van der Waals surface area contributed by atoms with Crippen LogP contribution in [0, 0.1) is 11.8 Å². The van der Waals surface area contributed by atoms with Crippen molar-refractivity contribution in [3.8, 4) is 0 Å². The molecule has 0 aliphatic carbocycles. The summed E-state index contributed by atoms with van der Waals surface area (Å²) in [7, 11) is 0. The van der Waals surface area contributed by atoms with Crippen molar-refractivity contribution in [3.63, 3.8) is 0 Å². The topological polar surface area (TPSA) is 199 Å². The van der Waals surface area contributed by atoms with Gasteiger partial charge in [-0.25, -0.2) is 9.59 Å². The molecule has 2 N–H and O–H groups in total. The van der Waals surface area contributed by atoms with Crippen molar-refractivity contribution in [1.82, 2.24) is 5.32 Å². The molecule has 2 unspecified atom stereocenters. The van der Waals surface area contributed by atoms with Gasteiger partial charge in [0.05, 0.1) is 11.6 Å². The first-order chi connectivity index (χ1) is 17.3. The number of rotatable bonds is 9. The van der Waals surface area contributed by atoms with Gasteiger partial charge in [0.1, 0.15) is 24.2 Å². The third-order valence-corrected chi connectivity index (χ3v) is 6.00. The summed E-state index contributed by atoms with van der Waals surface area (Å²) in [6, 6.07) is 2.69. The Hall–Kier alpha value is -4.00. The molecule has 1 heterocycles. The van der Waals surface area contributed by atoms with Crippen LogP contribution in [0.25, 0.3) is 20.9 Å². The lowest BCUT2D eigenvalue weighted by molar-refractivity contribution is -0.284. The Morgan fingerprint density at radius 2 is 1.86 bits per heavy atom. The van der Waals surface area contributed by atoms with Crippen LogP contribution in [0.3, 0.4) is 0 Å². The molecule has 0 saturated carbocycles. The molecule has 13 nitrogen and oxygen atoms in total. The van der Waals surface area contributed by atoms with Crippen LogP contribution in [-0.4, -0.2) is 59.1 Å². The van der Waals surface area contributed by atoms with E-state index in [2.05, 4.69) is 20.1 Å². The first-order valence-corrected chi connectivity index (χ1v) is 11.0. The van der Waals surface area contributed by atoms with Gasteiger partial charge in [-0.1, -0.05) is 37.2 Å². The lowest BCUT2D eigenvalue weighted by Gasteiger charge is -2.51. The van der Waals surface area contributed by atoms with E-state index in [1.807, 2.05) is 5.32 Å². The number of esters is 1. The van der Waals surface area contributed by atoms with Gasteiger partial charge in [0, 0.05) is 16.7 Å². The summed E-state index contributed by atoms with van der Waals surface area (Å²) < 4.78 is 54.6. The van der Waals surface area contributed by atoms with E-state index >= 15 is 0 Å². The molecule has 0 radical (unpaired) electrons. The fraction of sp³-hybridized carbons (Fsp3) is 0.571. The minimum absolute atomic E-state index is 0.0000766. The molecule has 2 rings (SSSR count). The highest BCUT2D eigenvalue weighted by atomic mass is 19.4. The van der Waals surface area contributed by atoms with Crippen LogP contribution in [0.4, 0.5) is 13.2 Å². The maximum absolute atomic E-state index is 14.6. The maximum Gasteiger partial charge on any atom is 0.396 e. The van der Waals surface area contributed by atoms with Gasteiger partial charge in [0.15, 0.2) is 0 Å². The first kappa shape index (κ1) is 29.2. The third kappa shape index (κ3) is 6.23. The van der Waals surface area contributed by atoms with E-state index in [0.717, 1.165) is 6.92 Å². The Bertz CT molecular complexity index is 1100. The number of ether oxygens (including phenoxy) is 2. The standard InChI is InChI=1S/C21H24F3N7O6/c1-4-10(2)15(36-18(33)12-8-6-5-7-9-12)16-13(21(22,23)24)14(27-11(3)32)17(28-30-25)20(37-16,19(34)35)29-31-26/h5-10,13-17H,4H2,1-3H3,(H,27,32)(H,34,35)/t10-,13-,14-,15-,16?,17?,20+/m1/s1. The molecule has 1 aromatic rings. The summed E-state index contributed by atoms with van der Waals surface area (Å²) in [4.78, 5) is 41.8. The van der Waals surface area contributed by atoms with Gasteiger partial charge < -0.3 is 19.9 Å². The number of benzene rings is 1. The SMILES string of the molecule is CC[C@@H](C)[C@@H](OC(=O)c1ccccc1)C1O[C@](N=[N+]=[N-])(C(=O)O)C(N=[N+]=[N-])[C@H](NC(C)=O)[C@H]1C(F)(F)F. The summed E-state index contributed by atoms with van der Waals surface area (Å²) in [6.07, 6.45) is -9.08. The van der Waals surface area contributed by atoms with Crippen LogP contribution in [0.15, 0.2) is 40.6 Å². The number of carbonyl (C=O) groups excluding carboxylic acids is 2. The average Bonchev–Trinajstić information content (AvgIpc) is 2.83. The van der Waals surface area contributed by atoms with Crippen LogP contribution in [0.1, 0.15) is 37.6 Å². The Balaban J connectivity index is 2.81. The zero-order chi connectivity index (χ0) is 28.0. The van der Waals surface area contributed by atoms with Crippen molar-refractivity contribution < 1.29 is 42.1 Å². The first-order valence-electron chi connectivity index (χ1n) is 11.0. The van der Waals surface area contributed by atoms with Crippen LogP contribution in [0.5, 0.6) is 0 Å². The molecule has 200 valence electrons. The summed E-state index contributed by atoms with van der Waals surface area (Å²) in [6.45, 7) is 3.90. The van der Waals surface area contributed by atoms with Gasteiger partial charge >= 0.3 is 18.1 Å². The Morgan fingerprint density at radius 3 is 2.32 bits per heavy atom. The lowest BCUT2D eigenvalue weighted by atomic mass is 9.76. The van der Waals surface area contributed by atoms with Crippen LogP contribution >= 0.6 is 0 Å². The second-order valence-electron chi connectivity index (χ2n) is 8.34. The zero-order valence-electron chi connectivity index (χ0n) is 19.9. The monoisotopic (exact) mass is 527 g/mol. The number of hydrogen-bond donors (Lipinski definition) is 2. The molecule has 37 heavy (non-hydrogen) atoms. The maximum atomic E-state index is 14.6. The van der Waals surface area contributed by atoms with E-state index < -0.39 is 65.9 Å². The highest BCUT2D eigenvalue weighted by molar-refractivity contribution is 5.89. The third-order valence-electron chi connectivity index (χ3n) is 6.00. The average molecular weight is 527 g/mol. The van der Waals surface area contributed by atoms with Crippen molar-refractivity contribution in [2.75, 3.05) is 0 Å². The minimum atomic E-state index is -5.20. The van der Waals surface area contributed by atoms with E-state index in [1.54, 1.807) is 13.0 Å². The Kier molecular flexibility index (Phi) is 9.34. The largest absolute Gasteiger partial charge is 0.479 e. The summed E-state index contributed by atoms with van der Waals surface area (Å²) in [5.41, 5.74) is 14.9. The molecule has 7 atom stereocenters. The van der Waals surface area contributed by atoms with Crippen molar-refractivity contribution in [1.29, 1.82) is 0 Å². The van der Waals surface area contributed by atoms with Crippen LogP contribution < -0.4 is 5.32 Å². The summed E-state index contributed by atoms with van der Waals surface area (Å²) in [5.74, 6) is -7.71. The number of hydrogen-bond acceptors (Lipinski definition) is 7. The number of nitrogens with one attached hydrogen (secondary N) is 1. The number of nitrogens with zero attached hydrogens (tertiary/aromatic N) is 6. The number of carbonyl (C=O) groups is 3. The molecule has 0 spiro atoms. The normalized spacial score (nSPS) is 27.0. The Labute approximate surface area is 208 Å². The quantitative estimate of drug-likeness (QED) is 0.209. The number of azide groups is 2. The van der Waals surface area contributed by atoms with Crippen molar-refractivity contribution in [3.05, 3.63) is 56.8 Å². The number of carboxylic acid groups (broad SMARTS) is 1. The highest BCUT2D eigenvalue weighted by Gasteiger charge is 2.67. The molecule has 16 heteroatoms. The lowest BCUT2D eigenvalue weighted by Crippen LogP contribution is -2.72. The molecule has 0 aromatic heterocycles. The smallest absolute Gasteiger partial charge is 0.396 e. The predicted octanol–water partition coefficient (Wildman–Crippen LogP) is 4.11. The van der Waals surface area contributed by atoms with Crippen LogP contribution in [0.2, 0.25) is 0 Å². The minimum Gasteiger partial charge on any atom is -0.479 e. The van der Waals surface area contributed by atoms with E-state index in [0.29, 0.717) is 0 Å².